The number of unbranched alkanes of at least 4 members (excludes halogenated alkanes) is 4. The fraction of sp³-hybridized carbons (Fsp3) is 0.692. The van der Waals surface area contributed by atoms with Gasteiger partial charge in [0.05, 0.1) is 6.54 Å². The molecule has 0 bridgehead atoms. The molecular formula is C13H21F3N3+. The smallest absolute Gasteiger partial charge is 0.237 e. The second-order valence-electron chi connectivity index (χ2n) is 4.58. The Kier molecular flexibility index (Phi) is 7.22. The Labute approximate surface area is 111 Å². The van der Waals surface area contributed by atoms with Crippen molar-refractivity contribution in [2.24, 2.45) is 0 Å². The quantitative estimate of drug-likeness (QED) is 0.499. The van der Waals surface area contributed by atoms with Gasteiger partial charge in [-0.1, -0.05) is 32.6 Å². The minimum atomic E-state index is -2.23. The molecule has 0 aliphatic rings. The Balaban J connectivity index is 2.26. The zero-order chi connectivity index (χ0) is 14.1. The van der Waals surface area contributed by atoms with Crippen molar-refractivity contribution in [3.63, 3.8) is 0 Å². The van der Waals surface area contributed by atoms with E-state index in [1.165, 1.54) is 25.6 Å². The maximum absolute atomic E-state index is 12.6. The molecule has 19 heavy (non-hydrogen) atoms. The molecule has 1 heterocycles. The maximum atomic E-state index is 12.6. The van der Waals surface area contributed by atoms with E-state index in [1.807, 2.05) is 0 Å². The van der Waals surface area contributed by atoms with Gasteiger partial charge < -0.3 is 0 Å². The third kappa shape index (κ3) is 6.40. The van der Waals surface area contributed by atoms with Crippen LogP contribution >= 0.6 is 0 Å². The summed E-state index contributed by atoms with van der Waals surface area (Å²) < 4.78 is 39.8. The lowest BCUT2D eigenvalue weighted by Crippen LogP contribution is -2.31. The number of rotatable bonds is 9. The van der Waals surface area contributed by atoms with Crippen LogP contribution in [0.25, 0.3) is 0 Å². The standard InChI is InChI=1S/C13H21F3N3/c1-2-3-4-5-6-8-19-11-18(10-17-19)9-7-12(14)13(15)16/h10-11H,2-9H2,1H3/q+1. The number of nitrogens with zero attached hydrogens (tertiary/aromatic N) is 3. The topological polar surface area (TPSA) is 21.7 Å². The van der Waals surface area contributed by atoms with Crippen molar-refractivity contribution >= 4 is 0 Å². The molecule has 0 fully saturated rings. The zero-order valence-electron chi connectivity index (χ0n) is 11.3. The highest BCUT2D eigenvalue weighted by atomic mass is 19.3. The lowest BCUT2D eigenvalue weighted by atomic mass is 10.1. The van der Waals surface area contributed by atoms with Crippen molar-refractivity contribution < 1.29 is 17.7 Å². The largest absolute Gasteiger partial charge is 0.301 e. The van der Waals surface area contributed by atoms with Gasteiger partial charge >= 0.3 is 6.08 Å². The van der Waals surface area contributed by atoms with E-state index in [9.17, 15) is 13.2 Å². The van der Waals surface area contributed by atoms with Crippen molar-refractivity contribution in [2.75, 3.05) is 0 Å². The SMILES string of the molecule is CCCCCCCn1c[n+](CCC(F)=C(F)F)cn1. The Morgan fingerprint density at radius 1 is 1.16 bits per heavy atom. The van der Waals surface area contributed by atoms with E-state index in [4.69, 9.17) is 0 Å². The summed E-state index contributed by atoms with van der Waals surface area (Å²) in [6.45, 7) is 3.16. The highest BCUT2D eigenvalue weighted by molar-refractivity contribution is 4.89. The van der Waals surface area contributed by atoms with Gasteiger partial charge in [0.2, 0.25) is 6.33 Å². The van der Waals surface area contributed by atoms with Gasteiger partial charge in [-0.3, -0.25) is 0 Å². The minimum Gasteiger partial charge on any atom is -0.237 e. The third-order valence-corrected chi connectivity index (χ3v) is 2.92. The molecule has 0 aromatic carbocycles. The molecule has 3 nitrogen and oxygen atoms in total. The Morgan fingerprint density at radius 2 is 1.89 bits per heavy atom. The van der Waals surface area contributed by atoms with Gasteiger partial charge in [0.15, 0.2) is 5.83 Å². The van der Waals surface area contributed by atoms with Crippen LogP contribution in [0.4, 0.5) is 13.2 Å². The summed E-state index contributed by atoms with van der Waals surface area (Å²) in [5.41, 5.74) is 0. The van der Waals surface area contributed by atoms with Crippen LogP contribution in [0.15, 0.2) is 24.6 Å². The van der Waals surface area contributed by atoms with E-state index < -0.39 is 11.9 Å². The number of aryl methyl sites for hydroxylation is 2. The first-order valence-electron chi connectivity index (χ1n) is 6.74. The van der Waals surface area contributed by atoms with E-state index in [2.05, 4.69) is 12.0 Å². The van der Waals surface area contributed by atoms with E-state index in [0.717, 1.165) is 19.4 Å². The van der Waals surface area contributed by atoms with Gasteiger partial charge in [0.25, 0.3) is 6.33 Å². The average molecular weight is 276 g/mol. The molecule has 0 aliphatic heterocycles. The molecule has 1 aromatic heterocycles. The van der Waals surface area contributed by atoms with Crippen LogP contribution in [-0.2, 0) is 13.1 Å². The molecule has 0 amide bonds. The highest BCUT2D eigenvalue weighted by Gasteiger charge is 2.09. The Hall–Kier alpha value is -1.33. The Bertz CT molecular complexity index is 398. The first kappa shape index (κ1) is 15.7. The Morgan fingerprint density at radius 3 is 2.58 bits per heavy atom. The zero-order valence-corrected chi connectivity index (χ0v) is 11.3. The molecule has 1 rings (SSSR count). The molecule has 0 unspecified atom stereocenters. The summed E-state index contributed by atoms with van der Waals surface area (Å²) >= 11 is 0. The monoisotopic (exact) mass is 276 g/mol. The van der Waals surface area contributed by atoms with E-state index in [-0.39, 0.29) is 13.0 Å². The summed E-state index contributed by atoms with van der Waals surface area (Å²) in [5.74, 6) is -1.35. The normalized spacial score (nSPS) is 10.7. The van der Waals surface area contributed by atoms with E-state index >= 15 is 0 Å². The first-order chi connectivity index (χ1) is 9.13. The fourth-order valence-corrected chi connectivity index (χ4v) is 1.79. The van der Waals surface area contributed by atoms with Crippen LogP contribution in [0.5, 0.6) is 0 Å². The van der Waals surface area contributed by atoms with Crippen LogP contribution in [-0.4, -0.2) is 9.78 Å². The maximum Gasteiger partial charge on any atom is 0.301 e. The van der Waals surface area contributed by atoms with Crippen molar-refractivity contribution in [2.45, 2.75) is 58.5 Å². The summed E-state index contributed by atoms with van der Waals surface area (Å²) in [4.78, 5) is 0. The number of allylic oxidation sites excluding steroid dienone is 1. The lowest BCUT2D eigenvalue weighted by Gasteiger charge is -1.96. The molecule has 6 heteroatoms. The number of aromatic nitrogens is 3. The van der Waals surface area contributed by atoms with E-state index in [0.29, 0.717) is 0 Å². The lowest BCUT2D eigenvalue weighted by molar-refractivity contribution is -0.697. The van der Waals surface area contributed by atoms with Crippen LogP contribution in [0.1, 0.15) is 45.4 Å². The fourth-order valence-electron chi connectivity index (χ4n) is 1.79. The van der Waals surface area contributed by atoms with Crippen LogP contribution in [0, 0.1) is 0 Å². The number of hydrogen-bond donors (Lipinski definition) is 0. The van der Waals surface area contributed by atoms with Crippen molar-refractivity contribution in [3.8, 4) is 0 Å². The van der Waals surface area contributed by atoms with Gasteiger partial charge in [-0.15, -0.1) is 4.68 Å². The summed E-state index contributed by atoms with van der Waals surface area (Å²) in [6, 6.07) is 0. The van der Waals surface area contributed by atoms with Crippen molar-refractivity contribution in [1.29, 1.82) is 0 Å². The van der Waals surface area contributed by atoms with Gasteiger partial charge in [0.1, 0.15) is 6.54 Å². The molecule has 0 N–H and O–H groups in total. The van der Waals surface area contributed by atoms with Crippen LogP contribution < -0.4 is 4.57 Å². The van der Waals surface area contributed by atoms with Crippen molar-refractivity contribution in [1.82, 2.24) is 9.78 Å². The van der Waals surface area contributed by atoms with E-state index in [1.54, 1.807) is 15.6 Å². The average Bonchev–Trinajstić information content (AvgIpc) is 2.83. The molecule has 0 saturated carbocycles. The van der Waals surface area contributed by atoms with Gasteiger partial charge in [-0.2, -0.15) is 8.78 Å². The van der Waals surface area contributed by atoms with Gasteiger partial charge in [0, 0.05) is 11.5 Å². The summed E-state index contributed by atoms with van der Waals surface area (Å²) in [7, 11) is 0. The first-order valence-corrected chi connectivity index (χ1v) is 6.74. The molecular weight excluding hydrogens is 255 g/mol. The second kappa shape index (κ2) is 8.72. The molecule has 0 atom stereocenters. The predicted molar refractivity (Wildman–Crippen MR) is 66.1 cm³/mol. The molecule has 0 spiro atoms. The van der Waals surface area contributed by atoms with Gasteiger partial charge in [-0.25, -0.2) is 8.96 Å². The molecule has 108 valence electrons. The molecule has 0 radical (unpaired) electrons. The highest BCUT2D eigenvalue weighted by Crippen LogP contribution is 2.12. The predicted octanol–water partition coefficient (Wildman–Crippen LogP) is 3.61. The number of hydrogen-bond acceptors (Lipinski definition) is 1. The third-order valence-electron chi connectivity index (χ3n) is 2.92. The van der Waals surface area contributed by atoms with Crippen molar-refractivity contribution in [3.05, 3.63) is 24.6 Å². The second-order valence-corrected chi connectivity index (χ2v) is 4.58. The summed E-state index contributed by atoms with van der Waals surface area (Å²) in [5, 5.41) is 4.11. The number of halogens is 3. The molecule has 1 aromatic rings. The van der Waals surface area contributed by atoms with Crippen LogP contribution in [0.2, 0.25) is 0 Å². The molecule has 0 saturated heterocycles. The minimum absolute atomic E-state index is 0.180. The van der Waals surface area contributed by atoms with Gasteiger partial charge in [-0.05, 0) is 6.42 Å². The van der Waals surface area contributed by atoms with Crippen LogP contribution in [0.3, 0.4) is 0 Å². The molecule has 0 aliphatic carbocycles. The summed E-state index contributed by atoms with van der Waals surface area (Å²) in [6.07, 6.45) is 6.64.